The number of hydrogen-bond acceptors (Lipinski definition) is 3. The van der Waals surface area contributed by atoms with Crippen molar-refractivity contribution < 1.29 is 18.7 Å². The van der Waals surface area contributed by atoms with Crippen LogP contribution in [0.1, 0.15) is 32.1 Å². The molecule has 4 nitrogen and oxygen atoms in total. The highest BCUT2D eigenvalue weighted by Gasteiger charge is 2.30. The zero-order valence-electron chi connectivity index (χ0n) is 13.0. The van der Waals surface area contributed by atoms with E-state index in [-0.39, 0.29) is 24.0 Å². The average molecular weight is 324 g/mol. The van der Waals surface area contributed by atoms with Crippen molar-refractivity contribution in [2.24, 2.45) is 5.92 Å². The van der Waals surface area contributed by atoms with Crippen LogP contribution in [0.25, 0.3) is 0 Å². The lowest BCUT2D eigenvalue weighted by Crippen LogP contribution is -2.38. The van der Waals surface area contributed by atoms with E-state index in [1.165, 1.54) is 12.1 Å². The summed E-state index contributed by atoms with van der Waals surface area (Å²) in [6.07, 6.45) is 3.36. The Labute approximate surface area is 134 Å². The summed E-state index contributed by atoms with van der Waals surface area (Å²) < 4.78 is 26.8. The number of halogens is 2. The molecule has 23 heavy (non-hydrogen) atoms. The van der Waals surface area contributed by atoms with Gasteiger partial charge in [-0.1, -0.05) is 6.42 Å². The summed E-state index contributed by atoms with van der Waals surface area (Å²) in [6, 6.07) is 3.52. The fraction of sp³-hybridized carbons (Fsp3) is 0.588. The summed E-state index contributed by atoms with van der Waals surface area (Å²) in [5, 5.41) is 12.8. The van der Waals surface area contributed by atoms with Gasteiger partial charge in [0.2, 0.25) is 5.91 Å². The molecule has 0 aromatic heterocycles. The Morgan fingerprint density at radius 3 is 2.83 bits per heavy atom. The fourth-order valence-electron chi connectivity index (χ4n) is 3.61. The van der Waals surface area contributed by atoms with Gasteiger partial charge in [-0.3, -0.25) is 4.79 Å². The highest BCUT2D eigenvalue weighted by molar-refractivity contribution is 5.76. The standard InChI is InChI=1S/C17H22F2N2O2/c18-12-4-5-15(14(19)9-12)21-7-6-13(10-21)20-17(23)8-11-2-1-3-16(11)22/h4-5,9,11,13,16,22H,1-3,6-8,10H2,(H,20,23)/t11-,13?,16+/m0/s1. The van der Waals surface area contributed by atoms with E-state index < -0.39 is 11.6 Å². The van der Waals surface area contributed by atoms with E-state index in [2.05, 4.69) is 5.32 Å². The topological polar surface area (TPSA) is 52.6 Å². The van der Waals surface area contributed by atoms with Crippen LogP contribution in [0.5, 0.6) is 0 Å². The number of rotatable bonds is 4. The van der Waals surface area contributed by atoms with Gasteiger partial charge in [0.15, 0.2) is 0 Å². The van der Waals surface area contributed by atoms with Crippen LogP contribution in [0.15, 0.2) is 18.2 Å². The number of amides is 1. The van der Waals surface area contributed by atoms with Gasteiger partial charge in [-0.15, -0.1) is 0 Å². The third-order valence-electron chi connectivity index (χ3n) is 4.87. The third-order valence-corrected chi connectivity index (χ3v) is 4.87. The summed E-state index contributed by atoms with van der Waals surface area (Å²) in [5.41, 5.74) is 0.370. The fourth-order valence-corrected chi connectivity index (χ4v) is 3.61. The lowest BCUT2D eigenvalue weighted by Gasteiger charge is -2.20. The van der Waals surface area contributed by atoms with Crippen LogP contribution in [0.4, 0.5) is 14.5 Å². The maximum atomic E-state index is 13.8. The monoisotopic (exact) mass is 324 g/mol. The van der Waals surface area contributed by atoms with Gasteiger partial charge in [-0.2, -0.15) is 0 Å². The number of hydrogen-bond donors (Lipinski definition) is 2. The SMILES string of the molecule is O=C(C[C@@H]1CCC[C@H]1O)NC1CCN(c2ccc(F)cc2F)C1. The van der Waals surface area contributed by atoms with Gasteiger partial charge >= 0.3 is 0 Å². The predicted octanol–water partition coefficient (Wildman–Crippen LogP) is 2.21. The minimum Gasteiger partial charge on any atom is -0.393 e. The lowest BCUT2D eigenvalue weighted by atomic mass is 10.0. The molecule has 0 bridgehead atoms. The largest absolute Gasteiger partial charge is 0.393 e. The summed E-state index contributed by atoms with van der Waals surface area (Å²) in [6.45, 7) is 1.14. The Morgan fingerprint density at radius 2 is 2.13 bits per heavy atom. The lowest BCUT2D eigenvalue weighted by molar-refractivity contribution is -0.123. The van der Waals surface area contributed by atoms with Crippen LogP contribution in [0.2, 0.25) is 0 Å². The van der Waals surface area contributed by atoms with E-state index in [9.17, 15) is 18.7 Å². The van der Waals surface area contributed by atoms with Crippen LogP contribution in [0.3, 0.4) is 0 Å². The van der Waals surface area contributed by atoms with Gasteiger partial charge in [0, 0.05) is 31.6 Å². The molecule has 1 unspecified atom stereocenters. The highest BCUT2D eigenvalue weighted by Crippen LogP contribution is 2.28. The van der Waals surface area contributed by atoms with Gasteiger partial charge in [0.1, 0.15) is 11.6 Å². The molecule has 1 saturated heterocycles. The molecule has 2 fully saturated rings. The quantitative estimate of drug-likeness (QED) is 0.893. The Morgan fingerprint density at radius 1 is 1.30 bits per heavy atom. The van der Waals surface area contributed by atoms with Gasteiger partial charge in [-0.25, -0.2) is 8.78 Å². The van der Waals surface area contributed by atoms with Crippen LogP contribution < -0.4 is 10.2 Å². The van der Waals surface area contributed by atoms with Crippen molar-refractivity contribution in [1.82, 2.24) is 5.32 Å². The first-order valence-corrected chi connectivity index (χ1v) is 8.20. The number of nitrogens with zero attached hydrogens (tertiary/aromatic N) is 1. The number of anilines is 1. The zero-order valence-corrected chi connectivity index (χ0v) is 13.0. The maximum Gasteiger partial charge on any atom is 0.220 e. The van der Waals surface area contributed by atoms with E-state index in [1.807, 2.05) is 4.90 Å². The van der Waals surface area contributed by atoms with Gasteiger partial charge in [0.25, 0.3) is 0 Å². The van der Waals surface area contributed by atoms with E-state index in [0.717, 1.165) is 31.7 Å². The van der Waals surface area contributed by atoms with Crippen molar-refractivity contribution in [2.45, 2.75) is 44.2 Å². The molecule has 2 N–H and O–H groups in total. The summed E-state index contributed by atoms with van der Waals surface area (Å²) in [5.74, 6) is -1.17. The molecule has 0 radical (unpaired) electrons. The molecular weight excluding hydrogens is 302 g/mol. The summed E-state index contributed by atoms with van der Waals surface area (Å²) >= 11 is 0. The Balaban J connectivity index is 1.52. The first-order valence-electron chi connectivity index (χ1n) is 8.20. The Hall–Kier alpha value is -1.69. The van der Waals surface area contributed by atoms with Crippen molar-refractivity contribution in [3.8, 4) is 0 Å². The van der Waals surface area contributed by atoms with Crippen molar-refractivity contribution in [3.05, 3.63) is 29.8 Å². The smallest absolute Gasteiger partial charge is 0.220 e. The van der Waals surface area contributed by atoms with Crippen LogP contribution in [-0.4, -0.2) is 36.2 Å². The minimum absolute atomic E-state index is 0.0366. The van der Waals surface area contributed by atoms with E-state index >= 15 is 0 Å². The molecule has 0 spiro atoms. The molecule has 6 heteroatoms. The molecule has 1 aliphatic heterocycles. The number of aliphatic hydroxyl groups excluding tert-OH is 1. The van der Waals surface area contributed by atoms with Gasteiger partial charge < -0.3 is 15.3 Å². The van der Waals surface area contributed by atoms with E-state index in [0.29, 0.717) is 25.2 Å². The van der Waals surface area contributed by atoms with Crippen LogP contribution in [0, 0.1) is 17.6 Å². The number of aliphatic hydroxyl groups is 1. The van der Waals surface area contributed by atoms with Crippen LogP contribution in [-0.2, 0) is 4.79 Å². The molecule has 126 valence electrons. The molecule has 3 rings (SSSR count). The second kappa shape index (κ2) is 6.83. The molecule has 1 aromatic carbocycles. The van der Waals surface area contributed by atoms with Crippen molar-refractivity contribution in [1.29, 1.82) is 0 Å². The average Bonchev–Trinajstić information content (AvgIpc) is 3.09. The normalized spacial score (nSPS) is 27.4. The Kier molecular flexibility index (Phi) is 4.80. The second-order valence-corrected chi connectivity index (χ2v) is 6.56. The van der Waals surface area contributed by atoms with Gasteiger partial charge in [-0.05, 0) is 37.3 Å². The first kappa shape index (κ1) is 16.2. The van der Waals surface area contributed by atoms with Gasteiger partial charge in [0.05, 0.1) is 11.8 Å². The van der Waals surface area contributed by atoms with E-state index in [1.54, 1.807) is 0 Å². The predicted molar refractivity (Wildman–Crippen MR) is 83.1 cm³/mol. The third kappa shape index (κ3) is 3.80. The maximum absolute atomic E-state index is 13.8. The molecule has 3 atom stereocenters. The number of benzene rings is 1. The van der Waals surface area contributed by atoms with E-state index in [4.69, 9.17) is 0 Å². The number of nitrogens with one attached hydrogen (secondary N) is 1. The second-order valence-electron chi connectivity index (χ2n) is 6.56. The molecule has 1 saturated carbocycles. The number of carbonyl (C=O) groups is 1. The summed E-state index contributed by atoms with van der Waals surface area (Å²) in [4.78, 5) is 13.9. The van der Waals surface area contributed by atoms with Crippen molar-refractivity contribution in [3.63, 3.8) is 0 Å². The van der Waals surface area contributed by atoms with Crippen LogP contribution >= 0.6 is 0 Å². The molecule has 2 aliphatic rings. The Bertz CT molecular complexity index is 582. The van der Waals surface area contributed by atoms with Crippen molar-refractivity contribution in [2.75, 3.05) is 18.0 Å². The molecular formula is C17H22F2N2O2. The first-order chi connectivity index (χ1) is 11.0. The zero-order chi connectivity index (χ0) is 16.4. The highest BCUT2D eigenvalue weighted by atomic mass is 19.1. The van der Waals surface area contributed by atoms with Crippen molar-refractivity contribution >= 4 is 11.6 Å². The molecule has 1 amide bonds. The number of carbonyl (C=O) groups excluding carboxylic acids is 1. The molecule has 1 aromatic rings. The molecule has 1 heterocycles. The summed E-state index contributed by atoms with van der Waals surface area (Å²) in [7, 11) is 0. The minimum atomic E-state index is -0.592. The molecule has 1 aliphatic carbocycles.